The van der Waals surface area contributed by atoms with Crippen LogP contribution < -0.4 is 0 Å². The smallest absolute Gasteiger partial charge is 0.307 e. The second-order valence-electron chi connectivity index (χ2n) is 8.82. The average molecular weight is 661 g/mol. The standard InChI is InChI=1S/C29H56O16/c1-33-29(32)3-5-35-7-9-37-11-13-39-15-17-41-19-21-43-23-25-45-27-26-44-24-22-42-20-18-40-16-14-38-12-10-36-8-6-34-4-2-28(30)31/h2-27H2,1H3,(H,30,31). The van der Waals surface area contributed by atoms with E-state index in [1.54, 1.807) is 0 Å². The molecule has 0 amide bonds. The average Bonchev–Trinajstić information content (AvgIpc) is 3.03. The molecular weight excluding hydrogens is 604 g/mol. The molecule has 0 aliphatic rings. The first-order valence-corrected chi connectivity index (χ1v) is 15.4. The van der Waals surface area contributed by atoms with Crippen molar-refractivity contribution in [2.45, 2.75) is 12.8 Å². The highest BCUT2D eigenvalue weighted by Crippen LogP contribution is 1.89. The molecule has 1 N–H and O–H groups in total. The Hall–Kier alpha value is -1.54. The third-order valence-electron chi connectivity index (χ3n) is 5.23. The van der Waals surface area contributed by atoms with Crippen LogP contribution in [0.2, 0.25) is 0 Å². The zero-order valence-electron chi connectivity index (χ0n) is 27.0. The van der Waals surface area contributed by atoms with Gasteiger partial charge < -0.3 is 66.7 Å². The molecule has 0 aliphatic carbocycles. The summed E-state index contributed by atoms with van der Waals surface area (Å²) in [4.78, 5) is 21.2. The molecule has 0 aromatic heterocycles. The van der Waals surface area contributed by atoms with Crippen molar-refractivity contribution in [1.29, 1.82) is 0 Å². The van der Waals surface area contributed by atoms with E-state index in [1.807, 2.05) is 0 Å². The third-order valence-corrected chi connectivity index (χ3v) is 5.23. The van der Waals surface area contributed by atoms with Crippen molar-refractivity contribution < 1.29 is 76.3 Å². The molecule has 0 fully saturated rings. The van der Waals surface area contributed by atoms with Crippen LogP contribution in [0.3, 0.4) is 0 Å². The molecule has 45 heavy (non-hydrogen) atoms. The maximum absolute atomic E-state index is 10.9. The Labute approximate surface area is 267 Å². The second kappa shape index (κ2) is 38.6. The van der Waals surface area contributed by atoms with Crippen molar-refractivity contribution in [3.8, 4) is 0 Å². The van der Waals surface area contributed by atoms with Crippen LogP contribution in [0, 0.1) is 0 Å². The zero-order chi connectivity index (χ0) is 32.7. The molecule has 0 atom stereocenters. The van der Waals surface area contributed by atoms with Crippen LogP contribution in [-0.2, 0) is 71.2 Å². The molecule has 268 valence electrons. The van der Waals surface area contributed by atoms with E-state index < -0.39 is 5.97 Å². The molecule has 0 radical (unpaired) electrons. The van der Waals surface area contributed by atoms with E-state index in [1.165, 1.54) is 7.11 Å². The van der Waals surface area contributed by atoms with Crippen LogP contribution in [0.1, 0.15) is 12.8 Å². The van der Waals surface area contributed by atoms with E-state index in [0.29, 0.717) is 152 Å². The predicted molar refractivity (Wildman–Crippen MR) is 159 cm³/mol. The highest BCUT2D eigenvalue weighted by Gasteiger charge is 2.00. The molecule has 0 saturated heterocycles. The number of hydrogen-bond acceptors (Lipinski definition) is 15. The van der Waals surface area contributed by atoms with Crippen LogP contribution in [0.5, 0.6) is 0 Å². The molecule has 0 spiro atoms. The van der Waals surface area contributed by atoms with Gasteiger partial charge in [-0.2, -0.15) is 0 Å². The number of carboxylic acid groups (broad SMARTS) is 1. The van der Waals surface area contributed by atoms with E-state index in [9.17, 15) is 9.59 Å². The first-order valence-electron chi connectivity index (χ1n) is 15.4. The second-order valence-corrected chi connectivity index (χ2v) is 8.82. The number of aliphatic carboxylic acids is 1. The summed E-state index contributed by atoms with van der Waals surface area (Å²) in [6, 6.07) is 0. The molecule has 0 aliphatic heterocycles. The SMILES string of the molecule is COC(=O)CCOCCOCCOCCOCCOCCOCCOCCOCCOCCOCCOCCOCCC(=O)O. The van der Waals surface area contributed by atoms with Gasteiger partial charge in [-0.25, -0.2) is 0 Å². The van der Waals surface area contributed by atoms with Crippen molar-refractivity contribution in [1.82, 2.24) is 0 Å². The number of hydrogen-bond donors (Lipinski definition) is 1. The Morgan fingerprint density at radius 3 is 0.689 bits per heavy atom. The van der Waals surface area contributed by atoms with Gasteiger partial charge in [0.05, 0.1) is 179 Å². The van der Waals surface area contributed by atoms with Gasteiger partial charge >= 0.3 is 11.9 Å². The number of esters is 1. The van der Waals surface area contributed by atoms with Gasteiger partial charge in [-0.05, 0) is 0 Å². The lowest BCUT2D eigenvalue weighted by molar-refractivity contribution is -0.142. The fraction of sp³-hybridized carbons (Fsp3) is 0.931. The van der Waals surface area contributed by atoms with Gasteiger partial charge in [0, 0.05) is 0 Å². The van der Waals surface area contributed by atoms with Gasteiger partial charge in [0.1, 0.15) is 0 Å². The molecule has 0 heterocycles. The third kappa shape index (κ3) is 40.4. The van der Waals surface area contributed by atoms with Gasteiger partial charge in [0.25, 0.3) is 0 Å². The Bertz CT molecular complexity index is 613. The molecule has 16 nitrogen and oxygen atoms in total. The van der Waals surface area contributed by atoms with E-state index in [-0.39, 0.29) is 25.4 Å². The molecule has 0 bridgehead atoms. The van der Waals surface area contributed by atoms with E-state index >= 15 is 0 Å². The summed E-state index contributed by atoms with van der Waals surface area (Å²) in [5.74, 6) is -1.17. The number of carboxylic acids is 1. The maximum atomic E-state index is 10.9. The van der Waals surface area contributed by atoms with Gasteiger partial charge in [-0.1, -0.05) is 0 Å². The van der Waals surface area contributed by atoms with Crippen molar-refractivity contribution >= 4 is 11.9 Å². The lowest BCUT2D eigenvalue weighted by Crippen LogP contribution is -2.15. The number of methoxy groups -OCH3 is 1. The Morgan fingerprint density at radius 1 is 0.333 bits per heavy atom. The number of carbonyl (C=O) groups excluding carboxylic acids is 1. The predicted octanol–water partition coefficient (Wildman–Crippen LogP) is 0.223. The van der Waals surface area contributed by atoms with Crippen molar-refractivity contribution in [2.24, 2.45) is 0 Å². The van der Waals surface area contributed by atoms with Gasteiger partial charge in [-0.15, -0.1) is 0 Å². The Morgan fingerprint density at radius 2 is 0.511 bits per heavy atom. The van der Waals surface area contributed by atoms with Crippen LogP contribution in [0.4, 0.5) is 0 Å². The molecule has 0 unspecified atom stereocenters. The van der Waals surface area contributed by atoms with Gasteiger partial charge in [-0.3, -0.25) is 9.59 Å². The summed E-state index contributed by atoms with van der Waals surface area (Å²) in [5, 5.41) is 8.48. The number of ether oxygens (including phenoxy) is 13. The zero-order valence-corrected chi connectivity index (χ0v) is 27.0. The van der Waals surface area contributed by atoms with Crippen molar-refractivity contribution in [2.75, 3.05) is 166 Å². The van der Waals surface area contributed by atoms with E-state index in [0.717, 1.165) is 0 Å². The summed E-state index contributed by atoms with van der Waals surface area (Å²) in [5.41, 5.74) is 0. The normalized spacial score (nSPS) is 11.3. The fourth-order valence-electron chi connectivity index (χ4n) is 2.94. The molecule has 0 aromatic carbocycles. The summed E-state index contributed by atoms with van der Waals surface area (Å²) in [6.45, 7) is 10.7. The van der Waals surface area contributed by atoms with Crippen molar-refractivity contribution in [3.63, 3.8) is 0 Å². The molecule has 0 aromatic rings. The highest BCUT2D eigenvalue weighted by molar-refractivity contribution is 5.69. The Kier molecular flexibility index (Phi) is 37.3. The quantitative estimate of drug-likeness (QED) is 0.0700. The lowest BCUT2D eigenvalue weighted by atomic mass is 10.5. The minimum absolute atomic E-state index is 0.00564. The first kappa shape index (κ1) is 43.5. The van der Waals surface area contributed by atoms with E-state index in [4.69, 9.17) is 61.9 Å². The number of rotatable bonds is 39. The fourth-order valence-corrected chi connectivity index (χ4v) is 2.94. The number of carbonyl (C=O) groups is 2. The molecule has 0 rings (SSSR count). The van der Waals surface area contributed by atoms with E-state index in [2.05, 4.69) is 4.74 Å². The summed E-state index contributed by atoms with van der Waals surface area (Å²) in [7, 11) is 1.35. The molecule has 16 heteroatoms. The monoisotopic (exact) mass is 660 g/mol. The highest BCUT2D eigenvalue weighted by atomic mass is 16.6. The van der Waals surface area contributed by atoms with Crippen LogP contribution in [0.15, 0.2) is 0 Å². The Balaban J connectivity index is 3.06. The largest absolute Gasteiger partial charge is 0.481 e. The maximum Gasteiger partial charge on any atom is 0.307 e. The topological polar surface area (TPSA) is 174 Å². The molecule has 0 saturated carbocycles. The summed E-state index contributed by atoms with van der Waals surface area (Å²) < 4.78 is 69.0. The lowest BCUT2D eigenvalue weighted by Gasteiger charge is -2.09. The van der Waals surface area contributed by atoms with Gasteiger partial charge in [0.2, 0.25) is 0 Å². The van der Waals surface area contributed by atoms with Crippen LogP contribution in [-0.4, -0.2) is 183 Å². The first-order chi connectivity index (χ1) is 22.2. The molecular formula is C29H56O16. The summed E-state index contributed by atoms with van der Waals surface area (Å²) >= 11 is 0. The summed E-state index contributed by atoms with van der Waals surface area (Å²) in [6.07, 6.45) is 0.234. The van der Waals surface area contributed by atoms with Crippen LogP contribution in [0.25, 0.3) is 0 Å². The van der Waals surface area contributed by atoms with Crippen LogP contribution >= 0.6 is 0 Å². The van der Waals surface area contributed by atoms with Crippen molar-refractivity contribution in [3.05, 3.63) is 0 Å². The van der Waals surface area contributed by atoms with Gasteiger partial charge in [0.15, 0.2) is 0 Å². The minimum atomic E-state index is -0.877. The minimum Gasteiger partial charge on any atom is -0.481 e.